The Balaban J connectivity index is 1.35. The van der Waals surface area contributed by atoms with Gasteiger partial charge in [0.2, 0.25) is 0 Å². The Labute approximate surface area is 173 Å². The lowest BCUT2D eigenvalue weighted by atomic mass is 9.81. The van der Waals surface area contributed by atoms with E-state index in [1.165, 1.54) is 31.4 Å². The summed E-state index contributed by atoms with van der Waals surface area (Å²) >= 11 is 0. The van der Waals surface area contributed by atoms with E-state index in [9.17, 15) is 18.7 Å². The van der Waals surface area contributed by atoms with E-state index in [1.807, 2.05) is 0 Å². The Hall–Kier alpha value is -2.87. The molecule has 8 heteroatoms. The SMILES string of the molecule is COc1cc(F)ccc1CNC(=O)N1CCC2(CC1)CC(O)c1cc(F)ccc1O2. The summed E-state index contributed by atoms with van der Waals surface area (Å²) in [7, 11) is 1.45. The van der Waals surface area contributed by atoms with Crippen LogP contribution in [-0.4, -0.2) is 41.8 Å². The highest BCUT2D eigenvalue weighted by atomic mass is 19.1. The monoisotopic (exact) mass is 418 g/mol. The Morgan fingerprint density at radius 1 is 1.23 bits per heavy atom. The van der Waals surface area contributed by atoms with Gasteiger partial charge in [-0.05, 0) is 24.3 Å². The van der Waals surface area contributed by atoms with Crippen LogP contribution in [0.5, 0.6) is 11.5 Å². The number of carbonyl (C=O) groups excluding carboxylic acids is 1. The lowest BCUT2D eigenvalue weighted by Crippen LogP contribution is -2.53. The number of rotatable bonds is 3. The van der Waals surface area contributed by atoms with E-state index < -0.39 is 23.3 Å². The highest BCUT2D eigenvalue weighted by Gasteiger charge is 2.43. The lowest BCUT2D eigenvalue weighted by Gasteiger charge is -2.45. The number of aliphatic hydroxyl groups is 1. The predicted molar refractivity (Wildman–Crippen MR) is 105 cm³/mol. The van der Waals surface area contributed by atoms with Crippen molar-refractivity contribution in [3.63, 3.8) is 0 Å². The summed E-state index contributed by atoms with van der Waals surface area (Å²) in [4.78, 5) is 14.3. The van der Waals surface area contributed by atoms with Crippen molar-refractivity contribution in [2.75, 3.05) is 20.2 Å². The molecule has 0 bridgehead atoms. The minimum Gasteiger partial charge on any atom is -0.496 e. The van der Waals surface area contributed by atoms with Gasteiger partial charge < -0.3 is 24.8 Å². The normalized spacial score (nSPS) is 19.7. The first kappa shape index (κ1) is 20.4. The molecule has 0 aliphatic carbocycles. The highest BCUT2D eigenvalue weighted by Crippen LogP contribution is 2.44. The maximum Gasteiger partial charge on any atom is 0.317 e. The van der Waals surface area contributed by atoms with E-state index in [0.29, 0.717) is 55.0 Å². The first-order chi connectivity index (χ1) is 14.4. The van der Waals surface area contributed by atoms with Crippen molar-refractivity contribution in [2.45, 2.75) is 37.5 Å². The number of piperidine rings is 1. The van der Waals surface area contributed by atoms with Gasteiger partial charge in [0.05, 0.1) is 13.2 Å². The Kier molecular flexibility index (Phi) is 5.51. The molecule has 2 N–H and O–H groups in total. The molecule has 160 valence electrons. The van der Waals surface area contributed by atoms with Crippen LogP contribution in [0.1, 0.15) is 36.5 Å². The quantitative estimate of drug-likeness (QED) is 0.800. The Morgan fingerprint density at radius 2 is 1.93 bits per heavy atom. The second-order valence-electron chi connectivity index (χ2n) is 7.79. The molecule has 4 rings (SSSR count). The molecule has 30 heavy (non-hydrogen) atoms. The molecule has 1 spiro atoms. The van der Waals surface area contributed by atoms with Gasteiger partial charge in [-0.2, -0.15) is 0 Å². The molecule has 2 amide bonds. The third-order valence-electron chi connectivity index (χ3n) is 5.86. The molecule has 2 heterocycles. The van der Waals surface area contributed by atoms with Crippen LogP contribution in [0.3, 0.4) is 0 Å². The smallest absolute Gasteiger partial charge is 0.317 e. The number of urea groups is 1. The van der Waals surface area contributed by atoms with Gasteiger partial charge in [0.15, 0.2) is 0 Å². The van der Waals surface area contributed by atoms with Crippen molar-refractivity contribution >= 4 is 6.03 Å². The zero-order valence-electron chi connectivity index (χ0n) is 16.7. The fourth-order valence-electron chi connectivity index (χ4n) is 4.18. The second kappa shape index (κ2) is 8.10. The molecule has 0 aromatic heterocycles. The zero-order valence-corrected chi connectivity index (χ0v) is 16.7. The highest BCUT2D eigenvalue weighted by molar-refractivity contribution is 5.74. The van der Waals surface area contributed by atoms with Crippen LogP contribution in [0, 0.1) is 11.6 Å². The lowest BCUT2D eigenvalue weighted by molar-refractivity contribution is -0.0479. The number of hydrogen-bond donors (Lipinski definition) is 2. The Bertz CT molecular complexity index is 945. The van der Waals surface area contributed by atoms with Crippen molar-refractivity contribution in [3.8, 4) is 11.5 Å². The molecule has 1 saturated heterocycles. The minimum atomic E-state index is -0.796. The standard InChI is InChI=1S/C22H24F2N2O4/c1-29-20-11-16(24)3-2-14(20)13-25-21(28)26-8-6-22(7-9-26)12-18(27)17-10-15(23)4-5-19(17)30-22/h2-5,10-11,18,27H,6-9,12-13H2,1H3,(H,25,28). The third kappa shape index (κ3) is 4.05. The van der Waals surface area contributed by atoms with Gasteiger partial charge in [-0.25, -0.2) is 13.6 Å². The molecule has 2 aromatic rings. The minimum absolute atomic E-state index is 0.220. The number of nitrogens with one attached hydrogen (secondary N) is 1. The number of aliphatic hydroxyl groups excluding tert-OH is 1. The summed E-state index contributed by atoms with van der Waals surface area (Å²) in [6, 6.07) is 8.12. The maximum absolute atomic E-state index is 13.5. The van der Waals surface area contributed by atoms with Crippen LogP contribution in [0.4, 0.5) is 13.6 Å². The summed E-state index contributed by atoms with van der Waals surface area (Å²) in [5.74, 6) is 0.0721. The maximum atomic E-state index is 13.5. The van der Waals surface area contributed by atoms with E-state index in [4.69, 9.17) is 9.47 Å². The number of ether oxygens (including phenoxy) is 2. The molecule has 1 unspecified atom stereocenters. The number of hydrogen-bond acceptors (Lipinski definition) is 4. The van der Waals surface area contributed by atoms with E-state index in [1.54, 1.807) is 17.0 Å². The average Bonchev–Trinajstić information content (AvgIpc) is 2.73. The van der Waals surface area contributed by atoms with Crippen molar-refractivity contribution in [1.29, 1.82) is 0 Å². The third-order valence-corrected chi connectivity index (χ3v) is 5.86. The van der Waals surface area contributed by atoms with Gasteiger partial charge in [0.1, 0.15) is 28.7 Å². The van der Waals surface area contributed by atoms with E-state index in [0.717, 1.165) is 0 Å². The predicted octanol–water partition coefficient (Wildman–Crippen LogP) is 3.53. The van der Waals surface area contributed by atoms with Crippen molar-refractivity contribution in [1.82, 2.24) is 10.2 Å². The summed E-state index contributed by atoms with van der Waals surface area (Å²) in [6.07, 6.45) is 0.698. The van der Waals surface area contributed by atoms with Crippen molar-refractivity contribution in [3.05, 3.63) is 59.2 Å². The van der Waals surface area contributed by atoms with Crippen LogP contribution >= 0.6 is 0 Å². The fraction of sp³-hybridized carbons (Fsp3) is 0.409. The molecule has 0 saturated carbocycles. The number of benzene rings is 2. The topological polar surface area (TPSA) is 71.0 Å². The number of methoxy groups -OCH3 is 1. The van der Waals surface area contributed by atoms with Crippen LogP contribution in [-0.2, 0) is 6.54 Å². The number of carbonyl (C=O) groups is 1. The molecular weight excluding hydrogens is 394 g/mol. The molecular formula is C22H24F2N2O4. The zero-order chi connectivity index (χ0) is 21.3. The molecule has 1 atom stereocenters. The van der Waals surface area contributed by atoms with Crippen LogP contribution in [0.15, 0.2) is 36.4 Å². The number of likely N-dealkylation sites (tertiary alicyclic amines) is 1. The van der Waals surface area contributed by atoms with Gasteiger partial charge in [0.25, 0.3) is 0 Å². The number of halogens is 2. The van der Waals surface area contributed by atoms with Crippen LogP contribution in [0.25, 0.3) is 0 Å². The van der Waals surface area contributed by atoms with Crippen LogP contribution < -0.4 is 14.8 Å². The van der Waals surface area contributed by atoms with Gasteiger partial charge in [-0.1, -0.05) is 6.07 Å². The molecule has 6 nitrogen and oxygen atoms in total. The largest absolute Gasteiger partial charge is 0.496 e. The molecule has 2 aromatic carbocycles. The summed E-state index contributed by atoms with van der Waals surface area (Å²) in [6.45, 7) is 1.16. The fourth-order valence-corrected chi connectivity index (χ4v) is 4.18. The summed E-state index contributed by atoms with van der Waals surface area (Å²) < 4.78 is 38.1. The van der Waals surface area contributed by atoms with Gasteiger partial charge in [-0.3, -0.25) is 0 Å². The van der Waals surface area contributed by atoms with E-state index >= 15 is 0 Å². The average molecular weight is 418 g/mol. The second-order valence-corrected chi connectivity index (χ2v) is 7.79. The van der Waals surface area contributed by atoms with E-state index in [2.05, 4.69) is 5.32 Å². The van der Waals surface area contributed by atoms with Crippen molar-refractivity contribution < 1.29 is 28.2 Å². The van der Waals surface area contributed by atoms with Crippen LogP contribution in [0.2, 0.25) is 0 Å². The summed E-state index contributed by atoms with van der Waals surface area (Å²) in [5.41, 5.74) is 0.582. The van der Waals surface area contributed by atoms with Gasteiger partial charge in [0, 0.05) is 56.1 Å². The van der Waals surface area contributed by atoms with Gasteiger partial charge >= 0.3 is 6.03 Å². The molecule has 2 aliphatic rings. The Morgan fingerprint density at radius 3 is 2.67 bits per heavy atom. The van der Waals surface area contributed by atoms with E-state index in [-0.39, 0.29) is 12.6 Å². The summed E-state index contributed by atoms with van der Waals surface area (Å²) in [5, 5.41) is 13.3. The van der Waals surface area contributed by atoms with Crippen molar-refractivity contribution in [2.24, 2.45) is 0 Å². The molecule has 2 aliphatic heterocycles. The molecule has 1 fully saturated rings. The number of amides is 2. The number of nitrogens with zero attached hydrogens (tertiary/aromatic N) is 1. The number of fused-ring (bicyclic) bond motifs is 1. The first-order valence-electron chi connectivity index (χ1n) is 9.91. The van der Waals surface area contributed by atoms with Gasteiger partial charge in [-0.15, -0.1) is 0 Å². The first-order valence-corrected chi connectivity index (χ1v) is 9.91. The molecule has 0 radical (unpaired) electrons.